The van der Waals surface area contributed by atoms with E-state index in [0.29, 0.717) is 38.9 Å². The van der Waals surface area contributed by atoms with Crippen molar-refractivity contribution in [2.24, 2.45) is 5.92 Å². The Labute approximate surface area is 124 Å². The summed E-state index contributed by atoms with van der Waals surface area (Å²) in [5, 5.41) is 12.1. The summed E-state index contributed by atoms with van der Waals surface area (Å²) in [5.74, 6) is -0.115. The molecule has 1 amide bonds. The number of piperidine rings is 1. The van der Waals surface area contributed by atoms with E-state index in [2.05, 4.69) is 10.3 Å². The number of pyridine rings is 1. The van der Waals surface area contributed by atoms with Crippen molar-refractivity contribution in [2.75, 3.05) is 25.0 Å². The third kappa shape index (κ3) is 4.73. The van der Waals surface area contributed by atoms with E-state index >= 15 is 0 Å². The molecule has 6 heteroatoms. The average Bonchev–Trinajstić information content (AvgIpc) is 2.52. The van der Waals surface area contributed by atoms with Crippen LogP contribution in [0.5, 0.6) is 0 Å². The molecular formula is C15H21N3O3. The molecule has 0 spiro atoms. The van der Waals surface area contributed by atoms with Gasteiger partial charge in [-0.25, -0.2) is 4.98 Å². The molecule has 1 saturated heterocycles. The minimum absolute atomic E-state index is 0.113. The molecule has 21 heavy (non-hydrogen) atoms. The smallest absolute Gasteiger partial charge is 0.306 e. The normalized spacial score (nSPS) is 15.7. The van der Waals surface area contributed by atoms with Crippen LogP contribution in [0.15, 0.2) is 24.4 Å². The Bertz CT molecular complexity index is 470. The van der Waals surface area contributed by atoms with Gasteiger partial charge in [-0.2, -0.15) is 0 Å². The van der Waals surface area contributed by atoms with Crippen molar-refractivity contribution in [1.82, 2.24) is 9.88 Å². The Balaban J connectivity index is 1.63. The summed E-state index contributed by atoms with van der Waals surface area (Å²) >= 11 is 0. The largest absolute Gasteiger partial charge is 0.481 e. The van der Waals surface area contributed by atoms with Gasteiger partial charge in [-0.1, -0.05) is 6.07 Å². The van der Waals surface area contributed by atoms with Gasteiger partial charge in [0.1, 0.15) is 5.82 Å². The number of anilines is 1. The lowest BCUT2D eigenvalue weighted by atomic mass is 9.97. The van der Waals surface area contributed by atoms with Crippen LogP contribution in [0.4, 0.5) is 5.82 Å². The van der Waals surface area contributed by atoms with Crippen molar-refractivity contribution in [3.63, 3.8) is 0 Å². The van der Waals surface area contributed by atoms with Gasteiger partial charge in [-0.15, -0.1) is 0 Å². The molecule has 0 aliphatic carbocycles. The Kier molecular flexibility index (Phi) is 5.54. The van der Waals surface area contributed by atoms with Crippen LogP contribution in [-0.2, 0) is 9.59 Å². The van der Waals surface area contributed by atoms with E-state index in [4.69, 9.17) is 5.11 Å². The van der Waals surface area contributed by atoms with Gasteiger partial charge in [0.2, 0.25) is 5.91 Å². The molecule has 2 heterocycles. The molecule has 0 aromatic carbocycles. The zero-order valence-corrected chi connectivity index (χ0v) is 12.0. The molecule has 0 unspecified atom stereocenters. The van der Waals surface area contributed by atoms with Crippen LogP contribution in [0.25, 0.3) is 0 Å². The minimum atomic E-state index is -0.748. The van der Waals surface area contributed by atoms with Crippen molar-refractivity contribution < 1.29 is 14.7 Å². The first-order valence-electron chi connectivity index (χ1n) is 7.32. The van der Waals surface area contributed by atoms with E-state index in [1.165, 1.54) is 0 Å². The minimum Gasteiger partial charge on any atom is -0.481 e. The molecule has 114 valence electrons. The van der Waals surface area contributed by atoms with Gasteiger partial charge in [0.25, 0.3) is 0 Å². The second-order valence-corrected chi connectivity index (χ2v) is 5.24. The molecule has 1 fully saturated rings. The van der Waals surface area contributed by atoms with Gasteiger partial charge < -0.3 is 15.3 Å². The van der Waals surface area contributed by atoms with Crippen LogP contribution < -0.4 is 5.32 Å². The topological polar surface area (TPSA) is 82.5 Å². The quantitative estimate of drug-likeness (QED) is 0.778. The molecule has 0 saturated carbocycles. The maximum Gasteiger partial charge on any atom is 0.306 e. The summed E-state index contributed by atoms with van der Waals surface area (Å²) in [5.41, 5.74) is 0. The number of nitrogens with one attached hydrogen (secondary N) is 1. The van der Waals surface area contributed by atoms with Gasteiger partial charge in [-0.05, 0) is 31.4 Å². The number of carboxylic acid groups (broad SMARTS) is 1. The third-order valence-corrected chi connectivity index (χ3v) is 3.74. The van der Waals surface area contributed by atoms with Crippen LogP contribution in [-0.4, -0.2) is 46.5 Å². The van der Waals surface area contributed by atoms with E-state index in [-0.39, 0.29) is 11.8 Å². The number of likely N-dealkylation sites (tertiary alicyclic amines) is 1. The maximum atomic E-state index is 12.0. The molecule has 0 radical (unpaired) electrons. The first kappa shape index (κ1) is 15.3. The Morgan fingerprint density at radius 3 is 2.71 bits per heavy atom. The molecule has 0 bridgehead atoms. The van der Waals surface area contributed by atoms with E-state index in [1.54, 1.807) is 11.1 Å². The molecule has 0 atom stereocenters. The van der Waals surface area contributed by atoms with E-state index in [0.717, 1.165) is 12.2 Å². The summed E-state index contributed by atoms with van der Waals surface area (Å²) in [4.78, 5) is 28.8. The number of carbonyl (C=O) groups is 2. The van der Waals surface area contributed by atoms with Crippen LogP contribution in [0.2, 0.25) is 0 Å². The summed E-state index contributed by atoms with van der Waals surface area (Å²) < 4.78 is 0. The van der Waals surface area contributed by atoms with Gasteiger partial charge >= 0.3 is 5.97 Å². The predicted octanol–water partition coefficient (Wildman–Crippen LogP) is 1.60. The summed E-state index contributed by atoms with van der Waals surface area (Å²) in [6.45, 7) is 1.82. The van der Waals surface area contributed by atoms with Crippen molar-refractivity contribution >= 4 is 17.7 Å². The molecule has 1 aromatic rings. The Hall–Kier alpha value is -2.11. The standard InChI is InChI=1S/C15H21N3O3/c19-14(18-10-6-12(7-11-18)15(20)21)5-3-9-17-13-4-1-2-8-16-13/h1-2,4,8,12H,3,5-7,9-11H2,(H,16,17)(H,20,21). The fraction of sp³-hybridized carbons (Fsp3) is 0.533. The number of carboxylic acids is 1. The lowest BCUT2D eigenvalue weighted by Gasteiger charge is -2.30. The molecule has 6 nitrogen and oxygen atoms in total. The highest BCUT2D eigenvalue weighted by Crippen LogP contribution is 2.18. The molecule has 2 rings (SSSR count). The highest BCUT2D eigenvalue weighted by Gasteiger charge is 2.26. The Morgan fingerprint density at radius 2 is 2.10 bits per heavy atom. The SMILES string of the molecule is O=C(O)C1CCN(C(=O)CCCNc2ccccn2)CC1. The third-order valence-electron chi connectivity index (χ3n) is 3.74. The first-order chi connectivity index (χ1) is 10.2. The number of amides is 1. The van der Waals surface area contributed by atoms with E-state index in [9.17, 15) is 9.59 Å². The zero-order chi connectivity index (χ0) is 15.1. The molecule has 1 aliphatic rings. The molecule has 2 N–H and O–H groups in total. The number of aliphatic carboxylic acids is 1. The molecule has 1 aromatic heterocycles. The van der Waals surface area contributed by atoms with Gasteiger partial charge in [-0.3, -0.25) is 9.59 Å². The summed E-state index contributed by atoms with van der Waals surface area (Å²) in [7, 11) is 0. The number of aromatic nitrogens is 1. The molecular weight excluding hydrogens is 270 g/mol. The Morgan fingerprint density at radius 1 is 1.33 bits per heavy atom. The van der Waals surface area contributed by atoms with E-state index < -0.39 is 5.97 Å². The fourth-order valence-electron chi connectivity index (χ4n) is 2.46. The molecule has 1 aliphatic heterocycles. The van der Waals surface area contributed by atoms with Gasteiger partial charge in [0.15, 0.2) is 0 Å². The monoisotopic (exact) mass is 291 g/mol. The lowest BCUT2D eigenvalue weighted by Crippen LogP contribution is -2.40. The van der Waals surface area contributed by atoms with Gasteiger partial charge in [0.05, 0.1) is 5.92 Å². The highest BCUT2D eigenvalue weighted by atomic mass is 16.4. The van der Waals surface area contributed by atoms with Gasteiger partial charge in [0, 0.05) is 32.3 Å². The number of nitrogens with zero attached hydrogens (tertiary/aromatic N) is 2. The second-order valence-electron chi connectivity index (χ2n) is 5.24. The summed E-state index contributed by atoms with van der Waals surface area (Å²) in [6.07, 6.45) is 4.08. The first-order valence-corrected chi connectivity index (χ1v) is 7.32. The van der Waals surface area contributed by atoms with Crippen molar-refractivity contribution in [2.45, 2.75) is 25.7 Å². The fourth-order valence-corrected chi connectivity index (χ4v) is 2.46. The van der Waals surface area contributed by atoms with E-state index in [1.807, 2.05) is 18.2 Å². The lowest BCUT2D eigenvalue weighted by molar-refractivity contribution is -0.145. The number of hydrogen-bond acceptors (Lipinski definition) is 4. The average molecular weight is 291 g/mol. The van der Waals surface area contributed by atoms with Crippen molar-refractivity contribution in [3.05, 3.63) is 24.4 Å². The van der Waals surface area contributed by atoms with Crippen LogP contribution in [0.1, 0.15) is 25.7 Å². The number of hydrogen-bond donors (Lipinski definition) is 2. The number of carbonyl (C=O) groups excluding carboxylic acids is 1. The predicted molar refractivity (Wildman–Crippen MR) is 78.9 cm³/mol. The van der Waals surface area contributed by atoms with Crippen LogP contribution in [0.3, 0.4) is 0 Å². The van der Waals surface area contributed by atoms with Crippen molar-refractivity contribution in [3.8, 4) is 0 Å². The van der Waals surface area contributed by atoms with Crippen LogP contribution in [0, 0.1) is 5.92 Å². The highest BCUT2D eigenvalue weighted by molar-refractivity contribution is 5.77. The number of rotatable bonds is 6. The second kappa shape index (κ2) is 7.61. The maximum absolute atomic E-state index is 12.0. The van der Waals surface area contributed by atoms with Crippen molar-refractivity contribution in [1.29, 1.82) is 0 Å². The van der Waals surface area contributed by atoms with Crippen LogP contribution >= 0.6 is 0 Å². The summed E-state index contributed by atoms with van der Waals surface area (Å²) in [6, 6.07) is 5.65. The zero-order valence-electron chi connectivity index (χ0n) is 12.0.